The molecule has 1 atom stereocenters. The topological polar surface area (TPSA) is 114 Å². The maximum absolute atomic E-state index is 14.9. The fourth-order valence-corrected chi connectivity index (χ4v) is 5.12. The van der Waals surface area contributed by atoms with Crippen LogP contribution in [0, 0.1) is 11.6 Å². The third-order valence-electron chi connectivity index (χ3n) is 6.22. The first-order valence-electron chi connectivity index (χ1n) is 12.5. The fraction of sp³-hybridized carbons (Fsp3) is 0.346. The van der Waals surface area contributed by atoms with Gasteiger partial charge in [-0.25, -0.2) is 14.1 Å². The standard InChI is InChI=1S/C26H29F2N5O5S/c1-3-21(20-10-8-18(17-30-20)37-23-7-5-6-12-29-23)38-22-11-9-19(24(27)25(22)28)26(34)31-39(35,36)33-15-13-32(4-2)14-16-33/h5-12,17,21H,3-4,13-16H2,1-2H3,(H,31,34)/t21-/m1/s1. The van der Waals surface area contributed by atoms with Gasteiger partial charge in [-0.2, -0.15) is 17.1 Å². The van der Waals surface area contributed by atoms with E-state index in [1.54, 1.807) is 43.5 Å². The van der Waals surface area contributed by atoms with E-state index < -0.39 is 45.2 Å². The number of nitrogens with zero attached hydrogens (tertiary/aromatic N) is 4. The summed E-state index contributed by atoms with van der Waals surface area (Å²) in [6.07, 6.45) is 2.70. The van der Waals surface area contributed by atoms with Crippen molar-refractivity contribution >= 4 is 16.1 Å². The van der Waals surface area contributed by atoms with E-state index in [1.165, 1.54) is 6.20 Å². The highest BCUT2D eigenvalue weighted by molar-refractivity contribution is 7.87. The predicted octanol–water partition coefficient (Wildman–Crippen LogP) is 3.69. The number of aromatic nitrogens is 2. The lowest BCUT2D eigenvalue weighted by Crippen LogP contribution is -2.52. The largest absolute Gasteiger partial charge is 0.481 e. The third-order valence-corrected chi connectivity index (χ3v) is 7.71. The first kappa shape index (κ1) is 28.3. The number of carbonyl (C=O) groups is 1. The quantitative estimate of drug-likeness (QED) is 0.399. The molecule has 10 nitrogen and oxygen atoms in total. The van der Waals surface area contributed by atoms with Crippen LogP contribution in [0.25, 0.3) is 0 Å². The van der Waals surface area contributed by atoms with Crippen molar-refractivity contribution in [3.05, 3.63) is 77.8 Å². The highest BCUT2D eigenvalue weighted by Gasteiger charge is 2.30. The summed E-state index contributed by atoms with van der Waals surface area (Å²) in [5.74, 6) is -3.81. The Kier molecular flexibility index (Phi) is 9.04. The zero-order valence-corrected chi connectivity index (χ0v) is 22.3. The number of likely N-dealkylation sites (N-methyl/N-ethyl adjacent to an activating group) is 1. The van der Waals surface area contributed by atoms with Gasteiger partial charge in [0.2, 0.25) is 11.7 Å². The molecule has 0 bridgehead atoms. The number of ether oxygens (including phenoxy) is 2. The minimum atomic E-state index is -4.22. The average Bonchev–Trinajstić information content (AvgIpc) is 2.94. The lowest BCUT2D eigenvalue weighted by molar-refractivity contribution is 0.0971. The summed E-state index contributed by atoms with van der Waals surface area (Å²) < 4.78 is 69.2. The van der Waals surface area contributed by atoms with Crippen molar-refractivity contribution in [2.45, 2.75) is 26.4 Å². The number of hydrogen-bond acceptors (Lipinski definition) is 8. The van der Waals surface area contributed by atoms with Crippen LogP contribution in [0.3, 0.4) is 0 Å². The Morgan fingerprint density at radius 1 is 1.03 bits per heavy atom. The van der Waals surface area contributed by atoms with Crippen LogP contribution >= 0.6 is 0 Å². The molecule has 4 rings (SSSR count). The first-order chi connectivity index (χ1) is 18.7. The number of hydrogen-bond donors (Lipinski definition) is 1. The van der Waals surface area contributed by atoms with Crippen LogP contribution in [0.2, 0.25) is 0 Å². The molecule has 1 N–H and O–H groups in total. The van der Waals surface area contributed by atoms with Gasteiger partial charge in [0.1, 0.15) is 11.9 Å². The molecule has 0 aliphatic carbocycles. The summed E-state index contributed by atoms with van der Waals surface area (Å²) in [4.78, 5) is 23.0. The molecule has 0 spiro atoms. The zero-order chi connectivity index (χ0) is 28.0. The van der Waals surface area contributed by atoms with Crippen molar-refractivity contribution in [3.63, 3.8) is 0 Å². The zero-order valence-electron chi connectivity index (χ0n) is 21.5. The van der Waals surface area contributed by atoms with Crippen molar-refractivity contribution in [2.24, 2.45) is 0 Å². The Morgan fingerprint density at radius 3 is 2.41 bits per heavy atom. The maximum Gasteiger partial charge on any atom is 0.304 e. The van der Waals surface area contributed by atoms with E-state index in [9.17, 15) is 22.0 Å². The van der Waals surface area contributed by atoms with Gasteiger partial charge in [-0.05, 0) is 43.3 Å². The molecule has 1 saturated heterocycles. The first-order valence-corrected chi connectivity index (χ1v) is 13.9. The smallest absolute Gasteiger partial charge is 0.304 e. The van der Waals surface area contributed by atoms with Gasteiger partial charge in [-0.1, -0.05) is 19.9 Å². The van der Waals surface area contributed by atoms with Gasteiger partial charge < -0.3 is 14.4 Å². The van der Waals surface area contributed by atoms with E-state index >= 15 is 0 Å². The Bertz CT molecular complexity index is 1390. The molecular formula is C26H29F2N5O5S. The lowest BCUT2D eigenvalue weighted by atomic mass is 10.1. The van der Waals surface area contributed by atoms with Crippen LogP contribution in [0.4, 0.5) is 8.78 Å². The second-order valence-corrected chi connectivity index (χ2v) is 10.4. The molecule has 3 aromatic rings. The van der Waals surface area contributed by atoms with Gasteiger partial charge in [-0.3, -0.25) is 9.78 Å². The van der Waals surface area contributed by atoms with E-state index in [0.717, 1.165) is 23.0 Å². The number of carbonyl (C=O) groups excluding carboxylic acids is 1. The number of amides is 1. The Labute approximate surface area is 225 Å². The van der Waals surface area contributed by atoms with Crippen molar-refractivity contribution in [1.29, 1.82) is 0 Å². The van der Waals surface area contributed by atoms with Crippen molar-refractivity contribution < 1.29 is 31.5 Å². The number of rotatable bonds is 10. The molecular weight excluding hydrogens is 532 g/mol. The second-order valence-electron chi connectivity index (χ2n) is 8.71. The summed E-state index contributed by atoms with van der Waals surface area (Å²) in [6, 6.07) is 10.6. The van der Waals surface area contributed by atoms with Crippen LogP contribution < -0.4 is 14.2 Å². The Balaban J connectivity index is 1.43. The summed E-state index contributed by atoms with van der Waals surface area (Å²) in [7, 11) is -4.22. The molecule has 208 valence electrons. The number of piperazine rings is 1. The molecule has 1 aromatic carbocycles. The maximum atomic E-state index is 14.9. The van der Waals surface area contributed by atoms with Gasteiger partial charge in [0.15, 0.2) is 11.6 Å². The van der Waals surface area contributed by atoms with E-state index in [4.69, 9.17) is 9.47 Å². The summed E-state index contributed by atoms with van der Waals surface area (Å²) >= 11 is 0. The fourth-order valence-electron chi connectivity index (χ4n) is 4.00. The predicted molar refractivity (Wildman–Crippen MR) is 139 cm³/mol. The van der Waals surface area contributed by atoms with Crippen LogP contribution in [-0.2, 0) is 10.2 Å². The van der Waals surface area contributed by atoms with Gasteiger partial charge in [0.25, 0.3) is 5.91 Å². The Morgan fingerprint density at radius 2 is 1.79 bits per heavy atom. The second kappa shape index (κ2) is 12.5. The van der Waals surface area contributed by atoms with E-state index in [-0.39, 0.29) is 13.1 Å². The number of benzene rings is 1. The normalized spacial score (nSPS) is 15.5. The average molecular weight is 562 g/mol. The van der Waals surface area contributed by atoms with Crippen molar-refractivity contribution in [3.8, 4) is 17.4 Å². The van der Waals surface area contributed by atoms with Gasteiger partial charge in [0.05, 0.1) is 17.5 Å². The summed E-state index contributed by atoms with van der Waals surface area (Å²) in [6.45, 7) is 5.91. The van der Waals surface area contributed by atoms with Crippen LogP contribution in [0.15, 0.2) is 54.9 Å². The van der Waals surface area contributed by atoms with Crippen molar-refractivity contribution in [2.75, 3.05) is 32.7 Å². The van der Waals surface area contributed by atoms with Gasteiger partial charge in [-0.15, -0.1) is 0 Å². The van der Waals surface area contributed by atoms with Crippen LogP contribution in [-0.4, -0.2) is 66.2 Å². The highest BCUT2D eigenvalue weighted by atomic mass is 32.2. The van der Waals surface area contributed by atoms with Crippen molar-refractivity contribution in [1.82, 2.24) is 23.9 Å². The van der Waals surface area contributed by atoms with Gasteiger partial charge >= 0.3 is 10.2 Å². The molecule has 1 amide bonds. The van der Waals surface area contributed by atoms with Crippen LogP contribution in [0.5, 0.6) is 17.4 Å². The SMILES string of the molecule is CC[C@@H](Oc1ccc(C(=O)NS(=O)(=O)N2CCN(CC)CC2)c(F)c1F)c1ccc(Oc2ccccn2)cn1. The molecule has 3 heterocycles. The molecule has 0 unspecified atom stereocenters. The van der Waals surface area contributed by atoms with E-state index in [2.05, 4.69) is 14.9 Å². The van der Waals surface area contributed by atoms with E-state index in [1.807, 2.05) is 11.6 Å². The Hall–Kier alpha value is -3.68. The van der Waals surface area contributed by atoms with Gasteiger partial charge in [0, 0.05) is 38.4 Å². The molecule has 2 aromatic heterocycles. The number of halogens is 2. The molecule has 1 fully saturated rings. The molecule has 13 heteroatoms. The minimum absolute atomic E-state index is 0.183. The molecule has 0 saturated carbocycles. The molecule has 0 radical (unpaired) electrons. The number of nitrogens with one attached hydrogen (secondary N) is 1. The summed E-state index contributed by atoms with van der Waals surface area (Å²) in [5.41, 5.74) is -0.306. The third kappa shape index (κ3) is 6.85. The molecule has 1 aliphatic rings. The van der Waals surface area contributed by atoms with Crippen LogP contribution in [0.1, 0.15) is 42.4 Å². The van der Waals surface area contributed by atoms with E-state index in [0.29, 0.717) is 36.8 Å². The molecule has 39 heavy (non-hydrogen) atoms. The molecule has 1 aliphatic heterocycles. The summed E-state index contributed by atoms with van der Waals surface area (Å²) in [5, 5.41) is 0. The monoisotopic (exact) mass is 561 g/mol. The minimum Gasteiger partial charge on any atom is -0.481 e. The number of pyridine rings is 2. The lowest BCUT2D eigenvalue weighted by Gasteiger charge is -2.32. The highest BCUT2D eigenvalue weighted by Crippen LogP contribution is 2.30.